The molecule has 0 aliphatic carbocycles. The van der Waals surface area contributed by atoms with Crippen LogP contribution in [0.1, 0.15) is 23.2 Å². The smallest absolute Gasteiger partial charge is 0.287 e. The van der Waals surface area contributed by atoms with Gasteiger partial charge in [-0.05, 0) is 31.2 Å². The van der Waals surface area contributed by atoms with Crippen LogP contribution in [0.4, 0.5) is 0 Å². The van der Waals surface area contributed by atoms with Crippen LogP contribution in [-0.2, 0) is 11.3 Å². The molecule has 0 aromatic carbocycles. The molecule has 9 heteroatoms. The number of halogens is 1. The fourth-order valence-electron chi connectivity index (χ4n) is 3.46. The topological polar surface area (TPSA) is 83.1 Å². The molecule has 1 N–H and O–H groups in total. The van der Waals surface area contributed by atoms with Crippen LogP contribution >= 0.6 is 11.6 Å². The molecule has 3 aromatic rings. The van der Waals surface area contributed by atoms with E-state index in [1.807, 2.05) is 28.9 Å². The van der Waals surface area contributed by atoms with Gasteiger partial charge in [-0.2, -0.15) is 0 Å². The summed E-state index contributed by atoms with van der Waals surface area (Å²) in [6, 6.07) is 6.31. The number of pyridine rings is 1. The Morgan fingerprint density at radius 1 is 1.21 bits per heavy atom. The zero-order chi connectivity index (χ0) is 20.4. The molecule has 1 aliphatic rings. The molecular weight excluding hydrogens is 394 g/mol. The van der Waals surface area contributed by atoms with E-state index in [-0.39, 0.29) is 17.6 Å². The van der Waals surface area contributed by atoms with E-state index in [1.54, 1.807) is 24.0 Å². The number of fused-ring (bicyclic) bond motifs is 1. The van der Waals surface area contributed by atoms with E-state index in [9.17, 15) is 9.59 Å². The number of aromatic nitrogens is 2. The van der Waals surface area contributed by atoms with Crippen LogP contribution in [0.15, 0.2) is 47.3 Å². The van der Waals surface area contributed by atoms with Crippen molar-refractivity contribution >= 4 is 29.1 Å². The van der Waals surface area contributed by atoms with Gasteiger partial charge in [0, 0.05) is 45.1 Å². The number of furan rings is 1. The van der Waals surface area contributed by atoms with Crippen LogP contribution in [0.3, 0.4) is 0 Å². The summed E-state index contributed by atoms with van der Waals surface area (Å²) in [5.74, 6) is -0.281. The third kappa shape index (κ3) is 4.44. The molecule has 4 rings (SSSR count). The summed E-state index contributed by atoms with van der Waals surface area (Å²) in [6.07, 6.45) is 5.24. The number of carbonyl (C=O) groups is 2. The van der Waals surface area contributed by atoms with Crippen molar-refractivity contribution in [3.63, 3.8) is 0 Å². The molecule has 152 valence electrons. The molecule has 3 aromatic heterocycles. The van der Waals surface area contributed by atoms with Crippen LogP contribution in [0.5, 0.6) is 0 Å². The van der Waals surface area contributed by atoms with Gasteiger partial charge in [0.2, 0.25) is 5.91 Å². The van der Waals surface area contributed by atoms with E-state index >= 15 is 0 Å². The highest BCUT2D eigenvalue weighted by Gasteiger charge is 2.26. The lowest BCUT2D eigenvalue weighted by Gasteiger charge is -2.35. The van der Waals surface area contributed by atoms with Crippen molar-refractivity contribution in [1.29, 1.82) is 0 Å². The van der Waals surface area contributed by atoms with Crippen LogP contribution in [0.2, 0.25) is 5.02 Å². The van der Waals surface area contributed by atoms with Crippen molar-refractivity contribution in [3.8, 4) is 0 Å². The van der Waals surface area contributed by atoms with Crippen LogP contribution in [-0.4, -0.2) is 63.2 Å². The van der Waals surface area contributed by atoms with Crippen LogP contribution < -0.4 is 5.32 Å². The molecule has 29 heavy (non-hydrogen) atoms. The predicted octanol–water partition coefficient (Wildman–Crippen LogP) is 2.04. The molecule has 8 nitrogen and oxygen atoms in total. The molecule has 1 saturated heterocycles. The predicted molar refractivity (Wildman–Crippen MR) is 108 cm³/mol. The first kappa shape index (κ1) is 19.5. The minimum absolute atomic E-state index is 0.0908. The van der Waals surface area contributed by atoms with Crippen LogP contribution in [0, 0.1) is 0 Å². The molecular formula is C20H22ClN5O3. The Hall–Kier alpha value is -2.84. The number of nitrogens with zero attached hydrogens (tertiary/aromatic N) is 4. The van der Waals surface area contributed by atoms with E-state index in [0.29, 0.717) is 24.7 Å². The maximum atomic E-state index is 12.7. The molecule has 2 amide bonds. The summed E-state index contributed by atoms with van der Waals surface area (Å²) in [5.41, 5.74) is 1.82. The number of hydrogen-bond donors (Lipinski definition) is 1. The quantitative estimate of drug-likeness (QED) is 0.689. The van der Waals surface area contributed by atoms with Gasteiger partial charge in [0.05, 0.1) is 17.0 Å². The number of nitrogens with one attached hydrogen (secondary N) is 1. The van der Waals surface area contributed by atoms with E-state index in [4.69, 9.17) is 16.0 Å². The number of imidazole rings is 1. The number of rotatable bonds is 5. The first-order valence-corrected chi connectivity index (χ1v) is 9.86. The Labute approximate surface area is 173 Å². The highest BCUT2D eigenvalue weighted by atomic mass is 35.5. The Balaban J connectivity index is 1.29. The molecule has 1 aliphatic heterocycles. The Morgan fingerprint density at radius 2 is 2.00 bits per heavy atom. The molecule has 1 unspecified atom stereocenters. The Morgan fingerprint density at radius 3 is 2.72 bits per heavy atom. The zero-order valence-corrected chi connectivity index (χ0v) is 16.8. The molecule has 0 bridgehead atoms. The molecule has 0 radical (unpaired) electrons. The normalized spacial score (nSPS) is 16.1. The maximum Gasteiger partial charge on any atom is 0.287 e. The molecule has 0 saturated carbocycles. The largest absolute Gasteiger partial charge is 0.459 e. The molecule has 1 atom stereocenters. The second-order valence-corrected chi connectivity index (χ2v) is 7.56. The van der Waals surface area contributed by atoms with Crippen LogP contribution in [0.25, 0.3) is 5.65 Å². The second kappa shape index (κ2) is 8.26. The van der Waals surface area contributed by atoms with E-state index in [1.165, 1.54) is 6.26 Å². The monoisotopic (exact) mass is 415 g/mol. The molecule has 1 fully saturated rings. The van der Waals surface area contributed by atoms with Crippen molar-refractivity contribution in [2.24, 2.45) is 0 Å². The lowest BCUT2D eigenvalue weighted by molar-refractivity contribution is -0.134. The standard InChI is InChI=1S/C20H22ClN5O3/c1-14(22-19(27)17-3-2-10-29-17)20(28)25-8-6-24(7-9-25)12-16-13-26-11-15(21)4-5-18(26)23-16/h2-5,10-11,13-14H,6-9,12H2,1H3,(H,22,27). The summed E-state index contributed by atoms with van der Waals surface area (Å²) in [5, 5.41) is 3.36. The third-order valence-electron chi connectivity index (χ3n) is 5.00. The van der Waals surface area contributed by atoms with Crippen molar-refractivity contribution < 1.29 is 14.0 Å². The zero-order valence-electron chi connectivity index (χ0n) is 16.0. The Bertz CT molecular complexity index is 1010. The summed E-state index contributed by atoms with van der Waals surface area (Å²) in [6.45, 7) is 5.12. The van der Waals surface area contributed by atoms with Crippen molar-refractivity contribution in [2.75, 3.05) is 26.2 Å². The first-order valence-electron chi connectivity index (χ1n) is 9.48. The van der Waals surface area contributed by atoms with E-state index in [2.05, 4.69) is 15.2 Å². The highest BCUT2D eigenvalue weighted by molar-refractivity contribution is 6.30. The second-order valence-electron chi connectivity index (χ2n) is 7.12. The first-order chi connectivity index (χ1) is 14.0. The van der Waals surface area contributed by atoms with Gasteiger partial charge in [0.25, 0.3) is 5.91 Å². The minimum atomic E-state index is -0.609. The lowest BCUT2D eigenvalue weighted by Crippen LogP contribution is -2.53. The van der Waals surface area contributed by atoms with Gasteiger partial charge in [0.1, 0.15) is 11.7 Å². The summed E-state index contributed by atoms with van der Waals surface area (Å²) in [4.78, 5) is 33.4. The molecule has 0 spiro atoms. The SMILES string of the molecule is CC(NC(=O)c1ccco1)C(=O)N1CCN(Cc2cn3cc(Cl)ccc3n2)CC1. The summed E-state index contributed by atoms with van der Waals surface area (Å²) >= 11 is 6.02. The van der Waals surface area contributed by atoms with Gasteiger partial charge in [-0.15, -0.1) is 0 Å². The average Bonchev–Trinajstić information content (AvgIpc) is 3.37. The van der Waals surface area contributed by atoms with Crippen molar-refractivity contribution in [3.05, 3.63) is 59.4 Å². The summed E-state index contributed by atoms with van der Waals surface area (Å²) in [7, 11) is 0. The number of amides is 2. The number of hydrogen-bond acceptors (Lipinski definition) is 5. The van der Waals surface area contributed by atoms with Crippen molar-refractivity contribution in [2.45, 2.75) is 19.5 Å². The number of piperazine rings is 1. The van der Waals surface area contributed by atoms with Gasteiger partial charge < -0.3 is 19.0 Å². The van der Waals surface area contributed by atoms with Gasteiger partial charge in [-0.25, -0.2) is 4.98 Å². The van der Waals surface area contributed by atoms with Gasteiger partial charge in [0.15, 0.2) is 5.76 Å². The number of carbonyl (C=O) groups excluding carboxylic acids is 2. The van der Waals surface area contributed by atoms with E-state index in [0.717, 1.165) is 24.4 Å². The van der Waals surface area contributed by atoms with Gasteiger partial charge in [-0.3, -0.25) is 14.5 Å². The van der Waals surface area contributed by atoms with Crippen molar-refractivity contribution in [1.82, 2.24) is 24.5 Å². The summed E-state index contributed by atoms with van der Waals surface area (Å²) < 4.78 is 6.98. The fraction of sp³-hybridized carbons (Fsp3) is 0.350. The lowest BCUT2D eigenvalue weighted by atomic mass is 10.2. The molecule has 4 heterocycles. The van der Waals surface area contributed by atoms with Gasteiger partial charge in [-0.1, -0.05) is 11.6 Å². The maximum absolute atomic E-state index is 12.7. The highest BCUT2D eigenvalue weighted by Crippen LogP contribution is 2.14. The van der Waals surface area contributed by atoms with Gasteiger partial charge >= 0.3 is 0 Å². The Kier molecular flexibility index (Phi) is 5.55. The minimum Gasteiger partial charge on any atom is -0.459 e. The fourth-order valence-corrected chi connectivity index (χ4v) is 3.63. The average molecular weight is 416 g/mol. The third-order valence-corrected chi connectivity index (χ3v) is 5.22. The van der Waals surface area contributed by atoms with E-state index < -0.39 is 6.04 Å².